The summed E-state index contributed by atoms with van der Waals surface area (Å²) >= 11 is 0. The van der Waals surface area contributed by atoms with Gasteiger partial charge >= 0.3 is 0 Å². The van der Waals surface area contributed by atoms with Gasteiger partial charge in [-0.1, -0.05) is 18.2 Å². The van der Waals surface area contributed by atoms with Gasteiger partial charge in [-0.3, -0.25) is 4.98 Å². The van der Waals surface area contributed by atoms with Gasteiger partial charge in [-0.15, -0.1) is 0 Å². The molecule has 27 heavy (non-hydrogen) atoms. The lowest BCUT2D eigenvalue weighted by Gasteiger charge is -2.34. The van der Waals surface area contributed by atoms with Crippen molar-refractivity contribution in [2.24, 2.45) is 0 Å². The van der Waals surface area contributed by atoms with Crippen molar-refractivity contribution in [1.29, 1.82) is 0 Å². The van der Waals surface area contributed by atoms with Crippen molar-refractivity contribution in [1.82, 2.24) is 15.6 Å². The third-order valence-corrected chi connectivity index (χ3v) is 5.55. The zero-order chi connectivity index (χ0) is 19.2. The van der Waals surface area contributed by atoms with Crippen molar-refractivity contribution in [2.75, 3.05) is 31.6 Å². The van der Waals surface area contributed by atoms with Crippen LogP contribution in [0.1, 0.15) is 48.2 Å². The Morgan fingerprint density at radius 3 is 2.63 bits per heavy atom. The van der Waals surface area contributed by atoms with Gasteiger partial charge in [0.1, 0.15) is 0 Å². The SMILES string of the molecule is CNCC(C)NCc1ccc(C)nc1C1CCN(c2cccc(C)c2)CC1. The molecule has 0 radical (unpaired) electrons. The smallest absolute Gasteiger partial charge is 0.0483 e. The average molecular weight is 367 g/mol. The maximum Gasteiger partial charge on any atom is 0.0483 e. The van der Waals surface area contributed by atoms with Crippen LogP contribution in [0.2, 0.25) is 0 Å². The largest absolute Gasteiger partial charge is 0.371 e. The van der Waals surface area contributed by atoms with Crippen LogP contribution in [0.3, 0.4) is 0 Å². The molecule has 4 heteroatoms. The lowest BCUT2D eigenvalue weighted by molar-refractivity contribution is 0.482. The van der Waals surface area contributed by atoms with E-state index < -0.39 is 0 Å². The molecule has 2 N–H and O–H groups in total. The van der Waals surface area contributed by atoms with E-state index in [1.165, 1.54) is 35.3 Å². The number of hydrogen-bond acceptors (Lipinski definition) is 4. The number of nitrogens with zero attached hydrogens (tertiary/aromatic N) is 2. The van der Waals surface area contributed by atoms with Crippen molar-refractivity contribution in [2.45, 2.75) is 52.1 Å². The number of anilines is 1. The van der Waals surface area contributed by atoms with Gasteiger partial charge in [0.15, 0.2) is 0 Å². The molecule has 1 fully saturated rings. The van der Waals surface area contributed by atoms with E-state index in [1.807, 2.05) is 7.05 Å². The summed E-state index contributed by atoms with van der Waals surface area (Å²) in [5.41, 5.74) is 6.48. The molecule has 1 atom stereocenters. The lowest BCUT2D eigenvalue weighted by Crippen LogP contribution is -2.35. The van der Waals surface area contributed by atoms with Crippen molar-refractivity contribution in [3.63, 3.8) is 0 Å². The zero-order valence-electron chi connectivity index (χ0n) is 17.3. The summed E-state index contributed by atoms with van der Waals surface area (Å²) in [5.74, 6) is 0.558. The van der Waals surface area contributed by atoms with Gasteiger partial charge in [-0.2, -0.15) is 0 Å². The Morgan fingerprint density at radius 1 is 1.15 bits per heavy atom. The maximum atomic E-state index is 4.96. The molecule has 1 unspecified atom stereocenters. The minimum Gasteiger partial charge on any atom is -0.371 e. The van der Waals surface area contributed by atoms with Crippen LogP contribution in [0.4, 0.5) is 5.69 Å². The summed E-state index contributed by atoms with van der Waals surface area (Å²) in [5, 5.41) is 6.86. The number of nitrogens with one attached hydrogen (secondary N) is 2. The van der Waals surface area contributed by atoms with Crippen LogP contribution in [0.5, 0.6) is 0 Å². The van der Waals surface area contributed by atoms with E-state index in [4.69, 9.17) is 4.98 Å². The first-order valence-corrected chi connectivity index (χ1v) is 10.2. The molecule has 2 heterocycles. The van der Waals surface area contributed by atoms with E-state index in [2.05, 4.69) is 72.7 Å². The van der Waals surface area contributed by atoms with E-state index in [0.29, 0.717) is 12.0 Å². The van der Waals surface area contributed by atoms with Gasteiger partial charge in [0, 0.05) is 55.2 Å². The van der Waals surface area contributed by atoms with Crippen LogP contribution in [-0.4, -0.2) is 37.7 Å². The van der Waals surface area contributed by atoms with Crippen LogP contribution < -0.4 is 15.5 Å². The second-order valence-electron chi connectivity index (χ2n) is 7.94. The van der Waals surface area contributed by atoms with Gasteiger partial charge in [0.05, 0.1) is 0 Å². The predicted molar refractivity (Wildman–Crippen MR) is 115 cm³/mol. The van der Waals surface area contributed by atoms with Gasteiger partial charge < -0.3 is 15.5 Å². The molecule has 4 nitrogen and oxygen atoms in total. The summed E-state index contributed by atoms with van der Waals surface area (Å²) < 4.78 is 0. The van der Waals surface area contributed by atoms with Crippen LogP contribution in [0.25, 0.3) is 0 Å². The van der Waals surface area contributed by atoms with E-state index in [1.54, 1.807) is 0 Å². The van der Waals surface area contributed by atoms with Gasteiger partial charge in [0.2, 0.25) is 0 Å². The molecule has 1 aromatic heterocycles. The Bertz CT molecular complexity index is 735. The van der Waals surface area contributed by atoms with Crippen molar-refractivity contribution < 1.29 is 0 Å². The Balaban J connectivity index is 1.67. The first kappa shape index (κ1) is 19.8. The molecule has 146 valence electrons. The fraction of sp³-hybridized carbons (Fsp3) is 0.522. The van der Waals surface area contributed by atoms with Crippen LogP contribution in [-0.2, 0) is 6.54 Å². The highest BCUT2D eigenvalue weighted by Crippen LogP contribution is 2.31. The van der Waals surface area contributed by atoms with Crippen molar-refractivity contribution in [3.8, 4) is 0 Å². The molecule has 3 rings (SSSR count). The lowest BCUT2D eigenvalue weighted by atomic mass is 9.89. The fourth-order valence-corrected chi connectivity index (χ4v) is 4.01. The molecular formula is C23H34N4. The number of rotatable bonds is 7. The Labute approximate surface area is 164 Å². The summed E-state index contributed by atoms with van der Waals surface area (Å²) in [6.45, 7) is 10.6. The maximum absolute atomic E-state index is 4.96. The molecule has 0 amide bonds. The number of hydrogen-bond donors (Lipinski definition) is 2. The van der Waals surface area contributed by atoms with Gasteiger partial charge in [0.25, 0.3) is 0 Å². The number of aryl methyl sites for hydroxylation is 2. The third-order valence-electron chi connectivity index (χ3n) is 5.55. The molecule has 0 bridgehead atoms. The molecule has 1 saturated heterocycles. The summed E-state index contributed by atoms with van der Waals surface area (Å²) in [6, 6.07) is 13.7. The Morgan fingerprint density at radius 2 is 1.93 bits per heavy atom. The quantitative estimate of drug-likeness (QED) is 0.782. The summed E-state index contributed by atoms with van der Waals surface area (Å²) in [6.07, 6.45) is 2.34. The zero-order valence-corrected chi connectivity index (χ0v) is 17.3. The predicted octanol–water partition coefficient (Wildman–Crippen LogP) is 3.78. The molecule has 0 saturated carbocycles. The molecule has 1 aliphatic heterocycles. The first-order valence-electron chi connectivity index (χ1n) is 10.2. The van der Waals surface area contributed by atoms with E-state index >= 15 is 0 Å². The normalized spacial score (nSPS) is 16.5. The molecular weight excluding hydrogens is 332 g/mol. The fourth-order valence-electron chi connectivity index (χ4n) is 4.01. The van der Waals surface area contributed by atoms with Gasteiger partial charge in [-0.25, -0.2) is 0 Å². The highest BCUT2D eigenvalue weighted by atomic mass is 15.1. The monoisotopic (exact) mass is 366 g/mol. The number of aromatic nitrogens is 1. The third kappa shape index (κ3) is 5.30. The molecule has 0 spiro atoms. The van der Waals surface area contributed by atoms with E-state index in [-0.39, 0.29) is 0 Å². The second kappa shape index (κ2) is 9.34. The Kier molecular flexibility index (Phi) is 6.86. The highest BCUT2D eigenvalue weighted by molar-refractivity contribution is 5.49. The standard InChI is InChI=1S/C23H34N4/c1-17-6-5-7-22(14-17)27-12-10-20(11-13-27)23-21(9-8-18(2)26-23)16-25-19(3)15-24-4/h5-9,14,19-20,24-25H,10-13,15-16H2,1-4H3. The number of benzene rings is 1. The topological polar surface area (TPSA) is 40.2 Å². The van der Waals surface area contributed by atoms with Crippen LogP contribution >= 0.6 is 0 Å². The van der Waals surface area contributed by atoms with Gasteiger partial charge in [-0.05, 0) is 70.0 Å². The van der Waals surface area contributed by atoms with Crippen molar-refractivity contribution >= 4 is 5.69 Å². The number of likely N-dealkylation sites (N-methyl/N-ethyl adjacent to an activating group) is 1. The second-order valence-corrected chi connectivity index (χ2v) is 7.94. The highest BCUT2D eigenvalue weighted by Gasteiger charge is 2.24. The average Bonchev–Trinajstić information content (AvgIpc) is 2.67. The Hall–Kier alpha value is -1.91. The first-order chi connectivity index (χ1) is 13.1. The van der Waals surface area contributed by atoms with Crippen molar-refractivity contribution in [3.05, 3.63) is 58.9 Å². The minimum atomic E-state index is 0.451. The number of piperidine rings is 1. The van der Waals surface area contributed by atoms with E-state index in [9.17, 15) is 0 Å². The summed E-state index contributed by atoms with van der Waals surface area (Å²) in [4.78, 5) is 7.48. The minimum absolute atomic E-state index is 0.451. The molecule has 1 aliphatic rings. The van der Waals surface area contributed by atoms with Crippen LogP contribution in [0.15, 0.2) is 36.4 Å². The molecule has 1 aromatic carbocycles. The van der Waals surface area contributed by atoms with Crippen LogP contribution in [0, 0.1) is 13.8 Å². The van der Waals surface area contributed by atoms with E-state index in [0.717, 1.165) is 31.9 Å². The number of pyridine rings is 1. The molecule has 2 aromatic rings. The summed E-state index contributed by atoms with van der Waals surface area (Å²) in [7, 11) is 2.00. The molecule has 0 aliphatic carbocycles.